The van der Waals surface area contributed by atoms with E-state index in [1.165, 1.54) is 26.0 Å². The largest absolute Gasteiger partial charge is 0.480 e. The van der Waals surface area contributed by atoms with E-state index in [0.29, 0.717) is 0 Å². The number of carboxylic acids is 1. The fourth-order valence-corrected chi connectivity index (χ4v) is 4.77. The van der Waals surface area contributed by atoms with E-state index in [9.17, 15) is 24.3 Å². The van der Waals surface area contributed by atoms with Crippen LogP contribution in [0.1, 0.15) is 46.0 Å². The lowest BCUT2D eigenvalue weighted by Crippen LogP contribution is -2.43. The van der Waals surface area contributed by atoms with Crippen LogP contribution in [-0.4, -0.2) is 40.2 Å². The number of carbonyl (C=O) groups excluding carboxylic acids is 1. The maximum absolute atomic E-state index is 13.3. The predicted octanol–water partition coefficient (Wildman–Crippen LogP) is 3.00. The molecule has 1 aromatic rings. The quantitative estimate of drug-likeness (QED) is 0.212. The van der Waals surface area contributed by atoms with Gasteiger partial charge in [0.1, 0.15) is 23.9 Å². The number of rotatable bonds is 10. The summed E-state index contributed by atoms with van der Waals surface area (Å²) < 4.78 is 24.1. The van der Waals surface area contributed by atoms with Crippen molar-refractivity contribution in [3.8, 4) is 5.75 Å². The first kappa shape index (κ1) is 23.8. The highest BCUT2D eigenvalue weighted by Crippen LogP contribution is 2.40. The zero-order chi connectivity index (χ0) is 22.3. The standard InChI is InChI=1S/C18H26N3O8P/c1-12(17(22)23)19-30(27,29-16-10-8-14(9-11-16)21(25)26)20-13(2)18(24)28-15-6-4-3-5-7-15/h8-13,15H,3-7H2,1-2H3,(H,22,23)(H2,19,20,27)/t12-,13-,30?/m0/s1. The monoisotopic (exact) mass is 443 g/mol. The molecule has 3 N–H and O–H groups in total. The number of aliphatic carboxylic acids is 1. The molecule has 1 aliphatic carbocycles. The van der Waals surface area contributed by atoms with Gasteiger partial charge in [0.05, 0.1) is 4.92 Å². The second-order valence-electron chi connectivity index (χ2n) is 7.13. The lowest BCUT2D eigenvalue weighted by Gasteiger charge is -2.27. The van der Waals surface area contributed by atoms with E-state index in [4.69, 9.17) is 14.4 Å². The summed E-state index contributed by atoms with van der Waals surface area (Å²) in [4.78, 5) is 33.8. The third-order valence-electron chi connectivity index (χ3n) is 4.57. The lowest BCUT2D eigenvalue weighted by atomic mass is 9.98. The Bertz CT molecular complexity index is 810. The fourth-order valence-electron chi connectivity index (χ4n) is 2.93. The van der Waals surface area contributed by atoms with Gasteiger partial charge in [0.15, 0.2) is 0 Å². The van der Waals surface area contributed by atoms with Gasteiger partial charge in [-0.3, -0.25) is 19.7 Å². The van der Waals surface area contributed by atoms with Gasteiger partial charge in [-0.2, -0.15) is 0 Å². The summed E-state index contributed by atoms with van der Waals surface area (Å²) in [7, 11) is -4.10. The third kappa shape index (κ3) is 7.08. The molecule has 0 amide bonds. The van der Waals surface area contributed by atoms with Crippen molar-refractivity contribution < 1.29 is 33.4 Å². The molecule has 1 fully saturated rings. The molecule has 0 aromatic heterocycles. The maximum Gasteiger partial charge on any atom is 0.391 e. The van der Waals surface area contributed by atoms with Crippen LogP contribution in [0.15, 0.2) is 24.3 Å². The van der Waals surface area contributed by atoms with Crippen molar-refractivity contribution >= 4 is 25.3 Å². The molecule has 12 heteroatoms. The number of nitro groups is 1. The highest BCUT2D eigenvalue weighted by Gasteiger charge is 2.34. The van der Waals surface area contributed by atoms with E-state index in [0.717, 1.165) is 44.2 Å². The number of non-ortho nitro benzene ring substituents is 1. The topological polar surface area (TPSA) is 157 Å². The minimum Gasteiger partial charge on any atom is -0.480 e. The average Bonchev–Trinajstić information content (AvgIpc) is 2.68. The number of esters is 1. The van der Waals surface area contributed by atoms with Crippen LogP contribution in [0.2, 0.25) is 0 Å². The molecule has 30 heavy (non-hydrogen) atoms. The highest BCUT2D eigenvalue weighted by molar-refractivity contribution is 7.55. The second-order valence-corrected chi connectivity index (χ2v) is 8.93. The van der Waals surface area contributed by atoms with E-state index in [-0.39, 0.29) is 17.5 Å². The van der Waals surface area contributed by atoms with Crippen LogP contribution >= 0.6 is 7.67 Å². The molecule has 2 rings (SSSR count). The van der Waals surface area contributed by atoms with Crippen molar-refractivity contribution in [3.05, 3.63) is 34.4 Å². The molecule has 11 nitrogen and oxygen atoms in total. The Hall–Kier alpha value is -2.49. The van der Waals surface area contributed by atoms with Gasteiger partial charge in [-0.1, -0.05) is 6.42 Å². The molecule has 1 aliphatic rings. The van der Waals surface area contributed by atoms with Crippen molar-refractivity contribution in [2.45, 2.75) is 64.1 Å². The van der Waals surface area contributed by atoms with Crippen LogP contribution < -0.4 is 14.7 Å². The Kier molecular flexibility index (Phi) is 8.33. The summed E-state index contributed by atoms with van der Waals surface area (Å²) in [6.07, 6.45) is 4.37. The number of benzene rings is 1. The van der Waals surface area contributed by atoms with Gasteiger partial charge < -0.3 is 14.4 Å². The smallest absolute Gasteiger partial charge is 0.391 e. The van der Waals surface area contributed by atoms with E-state index < -0.39 is 36.6 Å². The third-order valence-corrected chi connectivity index (χ3v) is 6.49. The van der Waals surface area contributed by atoms with E-state index >= 15 is 0 Å². The minimum absolute atomic E-state index is 0.00521. The zero-order valence-electron chi connectivity index (χ0n) is 16.8. The Morgan fingerprint density at radius 2 is 1.70 bits per heavy atom. The van der Waals surface area contributed by atoms with Crippen LogP contribution in [0.4, 0.5) is 5.69 Å². The lowest BCUT2D eigenvalue weighted by molar-refractivity contribution is -0.384. The van der Waals surface area contributed by atoms with E-state index in [1.807, 2.05) is 0 Å². The SMILES string of the molecule is C[C@H](NP(=O)(N[C@@H](C)C(=O)OC1CCCCC1)Oc1ccc([N+](=O)[O-])cc1)C(=O)O. The van der Waals surface area contributed by atoms with Crippen molar-refractivity contribution in [2.75, 3.05) is 0 Å². The van der Waals surface area contributed by atoms with Crippen LogP contribution in [0.5, 0.6) is 5.75 Å². The first-order chi connectivity index (χ1) is 14.1. The molecule has 166 valence electrons. The summed E-state index contributed by atoms with van der Waals surface area (Å²) in [5.74, 6) is -1.91. The molecule has 0 radical (unpaired) electrons. The molecular weight excluding hydrogens is 417 g/mol. The number of nitrogens with one attached hydrogen (secondary N) is 2. The molecule has 0 saturated heterocycles. The summed E-state index contributed by atoms with van der Waals surface area (Å²) >= 11 is 0. The van der Waals surface area contributed by atoms with Gasteiger partial charge >= 0.3 is 19.6 Å². The number of carbonyl (C=O) groups is 2. The van der Waals surface area contributed by atoms with Gasteiger partial charge in [0, 0.05) is 12.1 Å². The summed E-state index contributed by atoms with van der Waals surface area (Å²) in [5.41, 5.74) is -0.193. The molecule has 0 spiro atoms. The minimum atomic E-state index is -4.10. The highest BCUT2D eigenvalue weighted by atomic mass is 31.2. The van der Waals surface area contributed by atoms with Crippen molar-refractivity contribution in [3.63, 3.8) is 0 Å². The zero-order valence-corrected chi connectivity index (χ0v) is 17.7. The second kappa shape index (κ2) is 10.5. The Labute approximate surface area is 173 Å². The average molecular weight is 443 g/mol. The summed E-state index contributed by atoms with van der Waals surface area (Å²) in [5, 5.41) is 24.8. The first-order valence-corrected chi connectivity index (χ1v) is 11.2. The van der Waals surface area contributed by atoms with Gasteiger partial charge in [-0.15, -0.1) is 0 Å². The Morgan fingerprint density at radius 1 is 1.13 bits per heavy atom. The maximum atomic E-state index is 13.3. The van der Waals surface area contributed by atoms with Gasteiger partial charge in [0.25, 0.3) is 5.69 Å². The molecule has 3 atom stereocenters. The van der Waals surface area contributed by atoms with Crippen molar-refractivity contribution in [2.24, 2.45) is 0 Å². The molecule has 1 saturated carbocycles. The summed E-state index contributed by atoms with van der Waals surface area (Å²) in [6.45, 7) is 2.70. The van der Waals surface area contributed by atoms with Crippen LogP contribution in [0, 0.1) is 10.1 Å². The fraction of sp³-hybridized carbons (Fsp3) is 0.556. The number of hydrogen-bond donors (Lipinski definition) is 3. The number of nitrogens with zero attached hydrogens (tertiary/aromatic N) is 1. The number of carboxylic acid groups (broad SMARTS) is 1. The Balaban J connectivity index is 2.11. The summed E-state index contributed by atoms with van der Waals surface area (Å²) in [6, 6.07) is 2.45. The normalized spacial score (nSPS) is 18.6. The molecule has 0 bridgehead atoms. The van der Waals surface area contributed by atoms with E-state index in [1.54, 1.807) is 0 Å². The first-order valence-electron chi connectivity index (χ1n) is 9.62. The van der Waals surface area contributed by atoms with Gasteiger partial charge in [0.2, 0.25) is 0 Å². The van der Waals surface area contributed by atoms with Crippen LogP contribution in [0.3, 0.4) is 0 Å². The molecule has 1 unspecified atom stereocenters. The predicted molar refractivity (Wildman–Crippen MR) is 107 cm³/mol. The molecule has 1 aromatic carbocycles. The number of ether oxygens (including phenoxy) is 1. The van der Waals surface area contributed by atoms with Gasteiger partial charge in [-0.05, 0) is 51.7 Å². The molecule has 0 aliphatic heterocycles. The van der Waals surface area contributed by atoms with Crippen molar-refractivity contribution in [1.82, 2.24) is 10.2 Å². The molecule has 0 heterocycles. The Morgan fingerprint density at radius 3 is 2.23 bits per heavy atom. The molecular formula is C18H26N3O8P. The van der Waals surface area contributed by atoms with Crippen LogP contribution in [-0.2, 0) is 18.9 Å². The van der Waals surface area contributed by atoms with E-state index in [2.05, 4.69) is 10.2 Å². The van der Waals surface area contributed by atoms with Crippen molar-refractivity contribution in [1.29, 1.82) is 0 Å². The number of nitro benzene ring substituents is 1. The van der Waals surface area contributed by atoms with Gasteiger partial charge in [-0.25, -0.2) is 14.7 Å². The number of hydrogen-bond acceptors (Lipinski definition) is 7. The van der Waals surface area contributed by atoms with Crippen LogP contribution in [0.25, 0.3) is 0 Å².